The summed E-state index contributed by atoms with van der Waals surface area (Å²) in [5.74, 6) is 0.422. The Bertz CT molecular complexity index is 850. The van der Waals surface area contributed by atoms with Gasteiger partial charge in [0.05, 0.1) is 11.1 Å². The zero-order chi connectivity index (χ0) is 19.8. The number of hydrogen-bond acceptors (Lipinski definition) is 3. The number of ether oxygens (including phenoxy) is 1. The fourth-order valence-electron chi connectivity index (χ4n) is 3.74. The normalized spacial score (nSPS) is 18.3. The Morgan fingerprint density at radius 3 is 2.70 bits per heavy atom. The molecule has 1 N–H and O–H groups in total. The number of allylic oxidation sites excluding steroid dienone is 3. The van der Waals surface area contributed by atoms with E-state index >= 15 is 0 Å². The number of halogens is 1. The number of carbonyl (C=O) groups is 1. The van der Waals surface area contributed by atoms with E-state index in [1.165, 1.54) is 11.1 Å². The Balaban J connectivity index is 1.76. The van der Waals surface area contributed by atoms with Crippen molar-refractivity contribution in [2.45, 2.75) is 40.2 Å². The first-order valence-electron chi connectivity index (χ1n) is 9.26. The standard InChI is InChI=1S/C22H27ClN2O2/c1-14(2)27-20-9-6-15(11-19(20)23)21(26)24-17-7-8-18-16(10-17)12-25(5)13-22(18,3)4/h6-9,11-12,14H,10,13H2,1-5H3,(H,24,26). The van der Waals surface area contributed by atoms with E-state index in [0.29, 0.717) is 22.8 Å². The van der Waals surface area contributed by atoms with Gasteiger partial charge in [-0.25, -0.2) is 0 Å². The predicted molar refractivity (Wildman–Crippen MR) is 110 cm³/mol. The molecule has 0 bridgehead atoms. The average Bonchev–Trinajstić information content (AvgIpc) is 2.55. The maximum atomic E-state index is 12.6. The van der Waals surface area contributed by atoms with Crippen molar-refractivity contribution in [3.63, 3.8) is 0 Å². The van der Waals surface area contributed by atoms with Crippen molar-refractivity contribution in [1.82, 2.24) is 10.2 Å². The molecule has 5 heteroatoms. The molecule has 0 unspecified atom stereocenters. The number of nitrogens with one attached hydrogen (secondary N) is 1. The van der Waals surface area contributed by atoms with Crippen LogP contribution in [0.2, 0.25) is 5.02 Å². The van der Waals surface area contributed by atoms with Gasteiger partial charge in [0.2, 0.25) is 0 Å². The maximum absolute atomic E-state index is 12.6. The van der Waals surface area contributed by atoms with Crippen LogP contribution >= 0.6 is 11.6 Å². The second-order valence-corrected chi connectivity index (χ2v) is 8.58. The fourth-order valence-corrected chi connectivity index (χ4v) is 3.97. The minimum absolute atomic E-state index is 0.0294. The highest BCUT2D eigenvalue weighted by Gasteiger charge is 2.32. The molecule has 3 rings (SSSR count). The van der Waals surface area contributed by atoms with Gasteiger partial charge >= 0.3 is 0 Å². The van der Waals surface area contributed by atoms with Gasteiger partial charge in [-0.05, 0) is 49.3 Å². The summed E-state index contributed by atoms with van der Waals surface area (Å²) < 4.78 is 5.62. The Morgan fingerprint density at radius 2 is 2.04 bits per heavy atom. The van der Waals surface area contributed by atoms with Crippen molar-refractivity contribution in [3.05, 3.63) is 64.0 Å². The second kappa shape index (κ2) is 7.43. The lowest BCUT2D eigenvalue weighted by Gasteiger charge is -2.40. The van der Waals surface area contributed by atoms with Gasteiger partial charge in [0.25, 0.3) is 5.91 Å². The number of benzene rings is 1. The lowest BCUT2D eigenvalue weighted by atomic mass is 9.74. The second-order valence-electron chi connectivity index (χ2n) is 8.17. The van der Waals surface area contributed by atoms with Crippen LogP contribution in [0.15, 0.2) is 53.4 Å². The van der Waals surface area contributed by atoms with Crippen LogP contribution in [0.3, 0.4) is 0 Å². The van der Waals surface area contributed by atoms with Crippen molar-refractivity contribution in [1.29, 1.82) is 0 Å². The molecule has 0 fully saturated rings. The molecule has 1 amide bonds. The van der Waals surface area contributed by atoms with Crippen LogP contribution in [0.5, 0.6) is 5.75 Å². The van der Waals surface area contributed by atoms with Crippen LogP contribution < -0.4 is 10.1 Å². The third-order valence-corrected chi connectivity index (χ3v) is 5.05. The van der Waals surface area contributed by atoms with E-state index in [2.05, 4.69) is 43.4 Å². The van der Waals surface area contributed by atoms with E-state index in [-0.39, 0.29) is 17.4 Å². The lowest BCUT2D eigenvalue weighted by molar-refractivity contribution is 0.0965. The van der Waals surface area contributed by atoms with Crippen molar-refractivity contribution < 1.29 is 9.53 Å². The molecule has 1 aliphatic carbocycles. The molecule has 2 aliphatic rings. The van der Waals surface area contributed by atoms with Gasteiger partial charge in [-0.2, -0.15) is 0 Å². The summed E-state index contributed by atoms with van der Waals surface area (Å²) in [7, 11) is 2.09. The first-order chi connectivity index (χ1) is 12.7. The summed E-state index contributed by atoms with van der Waals surface area (Å²) in [5.41, 5.74) is 4.11. The molecule has 0 radical (unpaired) electrons. The van der Waals surface area contributed by atoms with Crippen LogP contribution in [0.25, 0.3) is 0 Å². The minimum Gasteiger partial charge on any atom is -0.489 e. The Morgan fingerprint density at radius 1 is 1.30 bits per heavy atom. The van der Waals surface area contributed by atoms with E-state index in [1.54, 1.807) is 18.2 Å². The highest BCUT2D eigenvalue weighted by molar-refractivity contribution is 6.32. The number of fused-ring (bicyclic) bond motifs is 1. The average molecular weight is 387 g/mol. The summed E-state index contributed by atoms with van der Waals surface area (Å²) in [6, 6.07) is 5.13. The molecule has 27 heavy (non-hydrogen) atoms. The first-order valence-corrected chi connectivity index (χ1v) is 9.64. The molecule has 0 spiro atoms. The Kier molecular flexibility index (Phi) is 5.38. The zero-order valence-corrected chi connectivity index (χ0v) is 17.4. The van der Waals surface area contributed by atoms with Gasteiger partial charge in [-0.3, -0.25) is 4.79 Å². The van der Waals surface area contributed by atoms with E-state index < -0.39 is 0 Å². The fraction of sp³-hybridized carbons (Fsp3) is 0.409. The predicted octanol–water partition coefficient (Wildman–Crippen LogP) is 4.93. The van der Waals surface area contributed by atoms with Crippen LogP contribution in [0.1, 0.15) is 44.5 Å². The molecule has 0 saturated carbocycles. The summed E-state index contributed by atoms with van der Waals surface area (Å²) in [6.07, 6.45) is 7.06. The van der Waals surface area contributed by atoms with Gasteiger partial charge in [-0.1, -0.05) is 31.5 Å². The molecule has 1 aromatic rings. The van der Waals surface area contributed by atoms with Gasteiger partial charge < -0.3 is 15.0 Å². The largest absolute Gasteiger partial charge is 0.489 e. The number of amides is 1. The van der Waals surface area contributed by atoms with Crippen LogP contribution in [-0.4, -0.2) is 30.5 Å². The SMILES string of the molecule is CC(C)Oc1ccc(C(=O)NC2=CC=C3C(=CN(C)CC3(C)C)C2)cc1Cl. The Labute approximate surface area is 166 Å². The van der Waals surface area contributed by atoms with Gasteiger partial charge in [0.15, 0.2) is 0 Å². The van der Waals surface area contributed by atoms with E-state index in [1.807, 2.05) is 19.9 Å². The molecule has 0 saturated heterocycles. The molecule has 0 aromatic heterocycles. The number of rotatable bonds is 4. The van der Waals surface area contributed by atoms with Gasteiger partial charge in [0, 0.05) is 42.9 Å². The van der Waals surface area contributed by atoms with E-state index in [0.717, 1.165) is 12.2 Å². The summed E-state index contributed by atoms with van der Waals surface area (Å²) in [6.45, 7) is 9.37. The molecular weight excluding hydrogens is 360 g/mol. The molecule has 0 atom stereocenters. The Hall–Kier alpha value is -2.20. The highest BCUT2D eigenvalue weighted by Crippen LogP contribution is 2.40. The maximum Gasteiger partial charge on any atom is 0.255 e. The van der Waals surface area contributed by atoms with E-state index in [4.69, 9.17) is 16.3 Å². The summed E-state index contributed by atoms with van der Waals surface area (Å²) >= 11 is 6.26. The molecular formula is C22H27ClN2O2. The zero-order valence-electron chi connectivity index (χ0n) is 16.6. The van der Waals surface area contributed by atoms with E-state index in [9.17, 15) is 4.79 Å². The molecule has 1 aromatic carbocycles. The number of hydrogen-bond donors (Lipinski definition) is 1. The van der Waals surface area contributed by atoms with Crippen LogP contribution in [0.4, 0.5) is 0 Å². The van der Waals surface area contributed by atoms with Crippen molar-refractivity contribution in [2.24, 2.45) is 5.41 Å². The minimum atomic E-state index is -0.167. The molecule has 1 aliphatic heterocycles. The van der Waals surface area contributed by atoms with Crippen molar-refractivity contribution >= 4 is 17.5 Å². The summed E-state index contributed by atoms with van der Waals surface area (Å²) in [4.78, 5) is 14.9. The number of nitrogens with zero attached hydrogens (tertiary/aromatic N) is 1. The lowest BCUT2D eigenvalue weighted by Crippen LogP contribution is -2.36. The highest BCUT2D eigenvalue weighted by atomic mass is 35.5. The van der Waals surface area contributed by atoms with Crippen LogP contribution in [-0.2, 0) is 0 Å². The quantitative estimate of drug-likeness (QED) is 0.797. The molecule has 144 valence electrons. The topological polar surface area (TPSA) is 41.6 Å². The van der Waals surface area contributed by atoms with Crippen molar-refractivity contribution in [3.8, 4) is 5.75 Å². The molecule has 1 heterocycles. The summed E-state index contributed by atoms with van der Waals surface area (Å²) in [5, 5.41) is 3.46. The van der Waals surface area contributed by atoms with Crippen molar-refractivity contribution in [2.75, 3.05) is 13.6 Å². The van der Waals surface area contributed by atoms with Gasteiger partial charge in [0.1, 0.15) is 5.75 Å². The molecule has 4 nitrogen and oxygen atoms in total. The number of carbonyl (C=O) groups excluding carboxylic acids is 1. The monoisotopic (exact) mass is 386 g/mol. The third kappa shape index (κ3) is 4.38. The van der Waals surface area contributed by atoms with Crippen LogP contribution in [0, 0.1) is 5.41 Å². The first kappa shape index (κ1) is 19.6. The van der Waals surface area contributed by atoms with Gasteiger partial charge in [-0.15, -0.1) is 0 Å². The smallest absolute Gasteiger partial charge is 0.255 e. The third-order valence-electron chi connectivity index (χ3n) is 4.76.